The van der Waals surface area contributed by atoms with Crippen LogP contribution in [0, 0.1) is 0 Å². The topological polar surface area (TPSA) is 78.9 Å². The highest BCUT2D eigenvalue weighted by molar-refractivity contribution is 5.71. The lowest BCUT2D eigenvalue weighted by Gasteiger charge is -2.18. The predicted octanol–water partition coefficient (Wildman–Crippen LogP) is 20.8. The molecule has 0 amide bonds. The first-order valence-electron chi connectivity index (χ1n) is 30.3. The number of hydrogen-bond acceptors (Lipinski definition) is 6. The summed E-state index contributed by atoms with van der Waals surface area (Å²) >= 11 is 0. The molecule has 0 radical (unpaired) electrons. The molecule has 0 saturated carbocycles. The van der Waals surface area contributed by atoms with Crippen molar-refractivity contribution in [3.05, 3.63) is 146 Å². The molecular formula is C69H110O6. The van der Waals surface area contributed by atoms with Crippen LogP contribution in [0.2, 0.25) is 0 Å². The zero-order chi connectivity index (χ0) is 54.3. The van der Waals surface area contributed by atoms with Crippen LogP contribution in [0.15, 0.2) is 146 Å². The van der Waals surface area contributed by atoms with Gasteiger partial charge in [-0.2, -0.15) is 0 Å². The van der Waals surface area contributed by atoms with Crippen molar-refractivity contribution < 1.29 is 28.6 Å². The smallest absolute Gasteiger partial charge is 0.306 e. The second-order valence-electron chi connectivity index (χ2n) is 19.5. The molecular weight excluding hydrogens is 925 g/mol. The summed E-state index contributed by atoms with van der Waals surface area (Å²) in [5.41, 5.74) is 0. The van der Waals surface area contributed by atoms with Crippen LogP contribution in [-0.2, 0) is 28.6 Å². The summed E-state index contributed by atoms with van der Waals surface area (Å²) in [6, 6.07) is 0. The van der Waals surface area contributed by atoms with Crippen LogP contribution in [0.25, 0.3) is 0 Å². The van der Waals surface area contributed by atoms with Gasteiger partial charge in [-0.1, -0.05) is 237 Å². The van der Waals surface area contributed by atoms with Gasteiger partial charge in [0.25, 0.3) is 0 Å². The predicted molar refractivity (Wildman–Crippen MR) is 325 cm³/mol. The van der Waals surface area contributed by atoms with Crippen LogP contribution in [-0.4, -0.2) is 37.2 Å². The van der Waals surface area contributed by atoms with Crippen LogP contribution >= 0.6 is 0 Å². The monoisotopic (exact) mass is 1030 g/mol. The van der Waals surface area contributed by atoms with Gasteiger partial charge in [0.2, 0.25) is 0 Å². The molecule has 1 atom stereocenters. The zero-order valence-corrected chi connectivity index (χ0v) is 48.3. The number of rotatable bonds is 53. The molecule has 0 aromatic rings. The molecule has 0 bridgehead atoms. The summed E-state index contributed by atoms with van der Waals surface area (Å²) < 4.78 is 16.9. The largest absolute Gasteiger partial charge is 0.462 e. The molecule has 0 rings (SSSR count). The number of esters is 3. The van der Waals surface area contributed by atoms with Crippen molar-refractivity contribution in [2.24, 2.45) is 0 Å². The average Bonchev–Trinajstić information content (AvgIpc) is 3.41. The van der Waals surface area contributed by atoms with Crippen molar-refractivity contribution in [2.75, 3.05) is 13.2 Å². The van der Waals surface area contributed by atoms with Crippen molar-refractivity contribution in [1.82, 2.24) is 0 Å². The van der Waals surface area contributed by atoms with E-state index in [2.05, 4.69) is 167 Å². The highest BCUT2D eigenvalue weighted by Gasteiger charge is 2.19. The second-order valence-corrected chi connectivity index (χ2v) is 19.5. The van der Waals surface area contributed by atoms with E-state index in [-0.39, 0.29) is 31.1 Å². The maximum absolute atomic E-state index is 12.9. The van der Waals surface area contributed by atoms with Crippen molar-refractivity contribution in [1.29, 1.82) is 0 Å². The van der Waals surface area contributed by atoms with E-state index in [0.717, 1.165) is 173 Å². The Morgan fingerprint density at radius 1 is 0.280 bits per heavy atom. The molecule has 0 aliphatic carbocycles. The fourth-order valence-corrected chi connectivity index (χ4v) is 7.82. The Kier molecular flexibility index (Phi) is 58.0. The first kappa shape index (κ1) is 70.3. The Morgan fingerprint density at radius 3 is 0.813 bits per heavy atom. The minimum absolute atomic E-state index is 0.105. The van der Waals surface area contributed by atoms with Gasteiger partial charge in [0.15, 0.2) is 6.10 Å². The second kappa shape index (κ2) is 61.8. The van der Waals surface area contributed by atoms with Gasteiger partial charge in [-0.15, -0.1) is 0 Å². The van der Waals surface area contributed by atoms with E-state index in [4.69, 9.17) is 14.2 Å². The third kappa shape index (κ3) is 60.0. The van der Waals surface area contributed by atoms with Gasteiger partial charge in [0, 0.05) is 19.3 Å². The lowest BCUT2D eigenvalue weighted by Crippen LogP contribution is -2.30. The Hall–Kier alpha value is -4.71. The fraction of sp³-hybridized carbons (Fsp3) is 0.609. The molecule has 0 fully saturated rings. The number of carbonyl (C=O) groups is 3. The standard InChI is InChI=1S/C69H110O6/c1-4-7-10-13-16-19-22-25-28-30-32-33-34-35-37-38-41-44-47-50-53-56-59-62-68(71)74-65-66(64-73-67(70)61-58-55-52-49-46-43-40-27-24-21-18-15-12-9-6-3)75-69(72)63-60-57-54-51-48-45-42-39-36-31-29-26-23-20-17-14-11-8-5-2/h7-8,10-11,16-21,25-29,32-33,35-37,39-41,44,66H,4-6,9,12-15,22-24,30-31,34,38,42-43,45-65H2,1-3H3/b10-7-,11-8-,19-16-,20-17-,21-18-,28-25-,29-26-,33-32-,37-35-,39-36-,40-27-,44-41-. The number of carbonyl (C=O) groups excluding carboxylic acids is 3. The van der Waals surface area contributed by atoms with Crippen molar-refractivity contribution in [3.8, 4) is 0 Å². The molecule has 1 unspecified atom stereocenters. The summed E-state index contributed by atoms with van der Waals surface area (Å²) in [7, 11) is 0. The first-order chi connectivity index (χ1) is 37.0. The molecule has 0 heterocycles. The Balaban J connectivity index is 4.50. The molecule has 0 saturated heterocycles. The minimum Gasteiger partial charge on any atom is -0.462 e. The van der Waals surface area contributed by atoms with E-state index in [9.17, 15) is 14.4 Å². The normalized spacial score (nSPS) is 13.2. The third-order valence-corrected chi connectivity index (χ3v) is 12.3. The van der Waals surface area contributed by atoms with Gasteiger partial charge < -0.3 is 14.2 Å². The van der Waals surface area contributed by atoms with E-state index in [0.29, 0.717) is 19.3 Å². The van der Waals surface area contributed by atoms with E-state index in [1.54, 1.807) is 0 Å². The summed E-state index contributed by atoms with van der Waals surface area (Å²) in [5.74, 6) is -0.961. The van der Waals surface area contributed by atoms with Crippen molar-refractivity contribution in [2.45, 2.75) is 258 Å². The Labute approximate surface area is 461 Å². The van der Waals surface area contributed by atoms with Crippen LogP contribution in [0.3, 0.4) is 0 Å². The maximum atomic E-state index is 12.9. The van der Waals surface area contributed by atoms with Gasteiger partial charge in [-0.25, -0.2) is 0 Å². The lowest BCUT2D eigenvalue weighted by molar-refractivity contribution is -0.167. The summed E-state index contributed by atoms with van der Waals surface area (Å²) in [4.78, 5) is 38.3. The van der Waals surface area contributed by atoms with Crippen LogP contribution in [0.5, 0.6) is 0 Å². The summed E-state index contributed by atoms with van der Waals surface area (Å²) in [6.45, 7) is 6.34. The molecule has 75 heavy (non-hydrogen) atoms. The Bertz CT molecular complexity index is 1660. The molecule has 0 aromatic carbocycles. The van der Waals surface area contributed by atoms with Gasteiger partial charge in [-0.05, 0) is 141 Å². The number of allylic oxidation sites excluding steroid dienone is 24. The van der Waals surface area contributed by atoms with Gasteiger partial charge in [0.05, 0.1) is 0 Å². The number of ether oxygens (including phenoxy) is 3. The molecule has 0 N–H and O–H groups in total. The van der Waals surface area contributed by atoms with E-state index >= 15 is 0 Å². The number of hydrogen-bond donors (Lipinski definition) is 0. The highest BCUT2D eigenvalue weighted by atomic mass is 16.6. The minimum atomic E-state index is -0.810. The molecule has 0 spiro atoms. The van der Waals surface area contributed by atoms with Crippen molar-refractivity contribution >= 4 is 17.9 Å². The lowest BCUT2D eigenvalue weighted by atomic mass is 10.1. The fourth-order valence-electron chi connectivity index (χ4n) is 7.82. The molecule has 6 nitrogen and oxygen atoms in total. The van der Waals surface area contributed by atoms with Gasteiger partial charge in [-0.3, -0.25) is 14.4 Å². The van der Waals surface area contributed by atoms with Crippen LogP contribution in [0.1, 0.15) is 252 Å². The van der Waals surface area contributed by atoms with Gasteiger partial charge >= 0.3 is 17.9 Å². The Morgan fingerprint density at radius 2 is 0.520 bits per heavy atom. The zero-order valence-electron chi connectivity index (χ0n) is 48.3. The van der Waals surface area contributed by atoms with E-state index < -0.39 is 6.10 Å². The van der Waals surface area contributed by atoms with E-state index in [1.165, 1.54) is 38.5 Å². The highest BCUT2D eigenvalue weighted by Crippen LogP contribution is 2.13. The third-order valence-electron chi connectivity index (χ3n) is 12.3. The molecule has 0 aliphatic rings. The van der Waals surface area contributed by atoms with Crippen LogP contribution < -0.4 is 0 Å². The van der Waals surface area contributed by atoms with Crippen molar-refractivity contribution in [3.63, 3.8) is 0 Å². The van der Waals surface area contributed by atoms with Gasteiger partial charge in [0.1, 0.15) is 13.2 Å². The molecule has 422 valence electrons. The quantitative estimate of drug-likeness (QED) is 0.0261. The molecule has 0 aliphatic heterocycles. The SMILES string of the molecule is CC/C=C\C/C=C\C/C=C\C/C=C\C/C=C\C/C=C\CCCCCCC(=O)OCC(COC(=O)CCCCCCC/C=C\C/C=C\CCCCC)OC(=O)CCCCCCCC/C=C\C/C=C\C/C=C\C/C=C\CC. The van der Waals surface area contributed by atoms with E-state index in [1.807, 2.05) is 0 Å². The summed E-state index contributed by atoms with van der Waals surface area (Å²) in [6.07, 6.45) is 88.3. The maximum Gasteiger partial charge on any atom is 0.306 e. The first-order valence-corrected chi connectivity index (χ1v) is 30.3. The molecule has 0 aromatic heterocycles. The molecule has 6 heteroatoms. The van der Waals surface area contributed by atoms with Crippen LogP contribution in [0.4, 0.5) is 0 Å². The summed E-state index contributed by atoms with van der Waals surface area (Å²) in [5, 5.41) is 0. The average molecular weight is 1040 g/mol. The number of unbranched alkanes of at least 4 members (excludes halogenated alkanes) is 18.